The van der Waals surface area contributed by atoms with Gasteiger partial charge in [0.1, 0.15) is 0 Å². The van der Waals surface area contributed by atoms with E-state index < -0.39 is 11.4 Å². The van der Waals surface area contributed by atoms with E-state index in [1.54, 1.807) is 11.0 Å². The van der Waals surface area contributed by atoms with Gasteiger partial charge in [-0.05, 0) is 52.9 Å². The van der Waals surface area contributed by atoms with Crippen molar-refractivity contribution in [3.05, 3.63) is 33.8 Å². The maximum Gasteiger partial charge on any atom is 0.311 e. The first kappa shape index (κ1) is 16.0. The fourth-order valence-electron chi connectivity index (χ4n) is 2.86. The molecule has 1 aliphatic rings. The van der Waals surface area contributed by atoms with Crippen molar-refractivity contribution in [3.8, 4) is 0 Å². The minimum absolute atomic E-state index is 0.00532. The van der Waals surface area contributed by atoms with Crippen LogP contribution >= 0.6 is 15.9 Å². The second kappa shape index (κ2) is 5.79. The first-order valence-corrected chi connectivity index (χ1v) is 7.86. The molecule has 21 heavy (non-hydrogen) atoms. The van der Waals surface area contributed by atoms with Gasteiger partial charge >= 0.3 is 5.97 Å². The Morgan fingerprint density at radius 2 is 2.05 bits per heavy atom. The van der Waals surface area contributed by atoms with Crippen molar-refractivity contribution in [1.82, 2.24) is 4.90 Å². The number of nitrogens with zero attached hydrogens (tertiary/aromatic N) is 1. The second-order valence-electron chi connectivity index (χ2n) is 6.08. The van der Waals surface area contributed by atoms with Crippen molar-refractivity contribution in [2.75, 3.05) is 13.1 Å². The summed E-state index contributed by atoms with van der Waals surface area (Å²) in [4.78, 5) is 25.9. The van der Waals surface area contributed by atoms with Gasteiger partial charge in [-0.1, -0.05) is 19.9 Å². The average Bonchev–Trinajstić information content (AvgIpc) is 2.84. The molecule has 1 aromatic carbocycles. The van der Waals surface area contributed by atoms with E-state index in [0.717, 1.165) is 10.0 Å². The highest BCUT2D eigenvalue weighted by Crippen LogP contribution is 2.39. The SMILES string of the molecule is Cc1ccc(C(=O)N2CCC(C(=O)O)(C(C)C)C2)c(Br)c1. The van der Waals surface area contributed by atoms with Crippen molar-refractivity contribution in [1.29, 1.82) is 0 Å². The number of amides is 1. The van der Waals surface area contributed by atoms with Gasteiger partial charge in [0.25, 0.3) is 5.91 Å². The number of aryl methyl sites for hydroxylation is 1. The number of carbonyl (C=O) groups excluding carboxylic acids is 1. The lowest BCUT2D eigenvalue weighted by molar-refractivity contribution is -0.150. The lowest BCUT2D eigenvalue weighted by atomic mass is 9.76. The molecule has 0 radical (unpaired) electrons. The molecule has 1 unspecified atom stereocenters. The van der Waals surface area contributed by atoms with Crippen LogP contribution in [0.25, 0.3) is 0 Å². The van der Waals surface area contributed by atoms with Crippen LogP contribution in [0.5, 0.6) is 0 Å². The first-order chi connectivity index (χ1) is 9.78. The number of hydrogen-bond donors (Lipinski definition) is 1. The zero-order valence-electron chi connectivity index (χ0n) is 12.5. The van der Waals surface area contributed by atoms with Gasteiger partial charge in [-0.2, -0.15) is 0 Å². The zero-order valence-corrected chi connectivity index (χ0v) is 14.1. The molecule has 0 saturated carbocycles. The number of hydrogen-bond acceptors (Lipinski definition) is 2. The molecule has 1 N–H and O–H groups in total. The van der Waals surface area contributed by atoms with E-state index in [4.69, 9.17) is 0 Å². The molecule has 0 aliphatic carbocycles. The Kier molecular flexibility index (Phi) is 4.42. The van der Waals surface area contributed by atoms with Gasteiger partial charge in [0.15, 0.2) is 0 Å². The Bertz CT molecular complexity index is 585. The fourth-order valence-corrected chi connectivity index (χ4v) is 3.53. The van der Waals surface area contributed by atoms with Crippen molar-refractivity contribution in [2.45, 2.75) is 27.2 Å². The van der Waals surface area contributed by atoms with Crippen LogP contribution in [0.15, 0.2) is 22.7 Å². The van der Waals surface area contributed by atoms with E-state index in [1.807, 2.05) is 32.9 Å². The molecular weight excluding hydrogens is 334 g/mol. The summed E-state index contributed by atoms with van der Waals surface area (Å²) in [6, 6.07) is 5.58. The van der Waals surface area contributed by atoms with Gasteiger partial charge in [0.2, 0.25) is 0 Å². The standard InChI is InChI=1S/C16H20BrNO3/c1-10(2)16(15(20)21)6-7-18(9-16)14(19)12-5-4-11(3)8-13(12)17/h4-5,8,10H,6-7,9H2,1-3H3,(H,20,21). The van der Waals surface area contributed by atoms with Crippen LogP contribution in [0.3, 0.4) is 0 Å². The number of halogens is 1. The molecule has 1 heterocycles. The maximum atomic E-state index is 12.6. The van der Waals surface area contributed by atoms with Gasteiger partial charge < -0.3 is 10.0 Å². The average molecular weight is 354 g/mol. The molecule has 114 valence electrons. The number of carbonyl (C=O) groups is 2. The van der Waals surface area contributed by atoms with E-state index in [2.05, 4.69) is 15.9 Å². The Morgan fingerprint density at radius 3 is 2.52 bits per heavy atom. The number of rotatable bonds is 3. The largest absolute Gasteiger partial charge is 0.481 e. The van der Waals surface area contributed by atoms with Crippen LogP contribution in [-0.4, -0.2) is 35.0 Å². The topological polar surface area (TPSA) is 57.6 Å². The smallest absolute Gasteiger partial charge is 0.311 e. The minimum Gasteiger partial charge on any atom is -0.481 e. The van der Waals surface area contributed by atoms with Crippen LogP contribution in [-0.2, 0) is 4.79 Å². The number of carboxylic acids is 1. The highest BCUT2D eigenvalue weighted by molar-refractivity contribution is 9.10. The predicted octanol–water partition coefficient (Wildman–Crippen LogP) is 3.33. The molecule has 1 atom stereocenters. The molecule has 1 saturated heterocycles. The van der Waals surface area contributed by atoms with Gasteiger partial charge in [0.05, 0.1) is 11.0 Å². The van der Waals surface area contributed by atoms with E-state index in [9.17, 15) is 14.7 Å². The number of aliphatic carboxylic acids is 1. The second-order valence-corrected chi connectivity index (χ2v) is 6.93. The molecular formula is C16H20BrNO3. The molecule has 1 aromatic rings. The molecule has 1 aliphatic heterocycles. The van der Waals surface area contributed by atoms with Crippen molar-refractivity contribution in [3.63, 3.8) is 0 Å². The van der Waals surface area contributed by atoms with Gasteiger partial charge in [-0.25, -0.2) is 0 Å². The van der Waals surface area contributed by atoms with E-state index in [0.29, 0.717) is 18.5 Å². The Balaban J connectivity index is 2.25. The summed E-state index contributed by atoms with van der Waals surface area (Å²) in [5.41, 5.74) is 0.833. The minimum atomic E-state index is -0.827. The quantitative estimate of drug-likeness (QED) is 0.906. The molecule has 2 rings (SSSR count). The highest BCUT2D eigenvalue weighted by Gasteiger charge is 2.48. The number of likely N-dealkylation sites (tertiary alicyclic amines) is 1. The lowest BCUT2D eigenvalue weighted by Crippen LogP contribution is -2.40. The van der Waals surface area contributed by atoms with Crippen molar-refractivity contribution < 1.29 is 14.7 Å². The van der Waals surface area contributed by atoms with Crippen molar-refractivity contribution >= 4 is 27.8 Å². The summed E-state index contributed by atoms with van der Waals surface area (Å²) in [6.07, 6.45) is 0.509. The van der Waals surface area contributed by atoms with Gasteiger partial charge in [-0.3, -0.25) is 9.59 Å². The van der Waals surface area contributed by atoms with Crippen LogP contribution < -0.4 is 0 Å². The Morgan fingerprint density at radius 1 is 1.38 bits per heavy atom. The molecule has 1 amide bonds. The van der Waals surface area contributed by atoms with Gasteiger partial charge in [-0.15, -0.1) is 0 Å². The summed E-state index contributed by atoms with van der Waals surface area (Å²) in [5.74, 6) is -0.921. The van der Waals surface area contributed by atoms with Crippen LogP contribution in [0.2, 0.25) is 0 Å². The highest BCUT2D eigenvalue weighted by atomic mass is 79.9. The lowest BCUT2D eigenvalue weighted by Gasteiger charge is -2.28. The summed E-state index contributed by atoms with van der Waals surface area (Å²) in [5, 5.41) is 9.55. The fraction of sp³-hybridized carbons (Fsp3) is 0.500. The number of carboxylic acid groups (broad SMARTS) is 1. The van der Waals surface area contributed by atoms with E-state index in [1.165, 1.54) is 0 Å². The zero-order chi connectivity index (χ0) is 15.8. The monoisotopic (exact) mass is 353 g/mol. The third-order valence-corrected chi connectivity index (χ3v) is 5.13. The molecule has 0 spiro atoms. The molecule has 0 aromatic heterocycles. The van der Waals surface area contributed by atoms with Crippen LogP contribution in [0, 0.1) is 18.3 Å². The summed E-state index contributed by atoms with van der Waals surface area (Å²) in [7, 11) is 0. The van der Waals surface area contributed by atoms with Crippen LogP contribution in [0.1, 0.15) is 36.2 Å². The van der Waals surface area contributed by atoms with E-state index in [-0.39, 0.29) is 18.4 Å². The maximum absolute atomic E-state index is 12.6. The first-order valence-electron chi connectivity index (χ1n) is 7.07. The molecule has 1 fully saturated rings. The summed E-state index contributed by atoms with van der Waals surface area (Å²) < 4.78 is 0.755. The van der Waals surface area contributed by atoms with Crippen molar-refractivity contribution in [2.24, 2.45) is 11.3 Å². The summed E-state index contributed by atoms with van der Waals surface area (Å²) in [6.45, 7) is 6.54. The Labute approximate surface area is 133 Å². The predicted molar refractivity (Wildman–Crippen MR) is 84.3 cm³/mol. The number of benzene rings is 1. The third kappa shape index (κ3) is 2.84. The molecule has 0 bridgehead atoms. The Hall–Kier alpha value is -1.36. The van der Waals surface area contributed by atoms with Crippen LogP contribution in [0.4, 0.5) is 0 Å². The van der Waals surface area contributed by atoms with E-state index >= 15 is 0 Å². The third-order valence-electron chi connectivity index (χ3n) is 4.47. The summed E-state index contributed by atoms with van der Waals surface area (Å²) >= 11 is 3.42. The normalized spacial score (nSPS) is 21.9. The molecule has 4 nitrogen and oxygen atoms in total. The molecule has 5 heteroatoms. The van der Waals surface area contributed by atoms with Gasteiger partial charge in [0, 0.05) is 17.6 Å².